The third-order valence-electron chi connectivity index (χ3n) is 3.68. The maximum Gasteiger partial charge on any atom is 0.289 e. The zero-order valence-electron chi connectivity index (χ0n) is 14.4. The Morgan fingerprint density at radius 1 is 1.08 bits per heavy atom. The number of ether oxygens (including phenoxy) is 2. The molecule has 0 radical (unpaired) electrons. The van der Waals surface area contributed by atoms with Gasteiger partial charge in [0.05, 0.1) is 26.1 Å². The molecule has 0 aliphatic rings. The Morgan fingerprint density at radius 3 is 2.58 bits per heavy atom. The molecule has 0 aliphatic carbocycles. The molecule has 132 valence electrons. The number of carbonyl (C=O) groups is 1. The van der Waals surface area contributed by atoms with Crippen LogP contribution in [0.1, 0.15) is 16.1 Å². The summed E-state index contributed by atoms with van der Waals surface area (Å²) in [5.74, 6) is 0.833. The molecule has 7 nitrogen and oxygen atoms in total. The van der Waals surface area contributed by atoms with E-state index in [1.165, 1.54) is 6.21 Å². The Hall–Kier alpha value is -3.61. The lowest BCUT2D eigenvalue weighted by Crippen LogP contribution is -2.18. The van der Waals surface area contributed by atoms with Gasteiger partial charge in [-0.1, -0.05) is 30.3 Å². The second kappa shape index (κ2) is 7.98. The highest BCUT2D eigenvalue weighted by atomic mass is 16.5. The fourth-order valence-electron chi connectivity index (χ4n) is 2.35. The number of aromatic amines is 1. The number of amides is 1. The van der Waals surface area contributed by atoms with Crippen molar-refractivity contribution < 1.29 is 14.3 Å². The molecule has 3 rings (SSSR count). The molecule has 0 saturated heterocycles. The van der Waals surface area contributed by atoms with Crippen LogP contribution in [0.15, 0.2) is 59.7 Å². The number of hydrogen-bond acceptors (Lipinski definition) is 5. The molecule has 0 aliphatic heterocycles. The zero-order valence-corrected chi connectivity index (χ0v) is 14.4. The summed E-state index contributed by atoms with van der Waals surface area (Å²) in [6.45, 7) is 0. The van der Waals surface area contributed by atoms with Crippen molar-refractivity contribution >= 4 is 12.1 Å². The van der Waals surface area contributed by atoms with Crippen LogP contribution >= 0.6 is 0 Å². The van der Waals surface area contributed by atoms with Crippen LogP contribution in [-0.2, 0) is 0 Å². The van der Waals surface area contributed by atoms with E-state index in [0.717, 1.165) is 11.1 Å². The van der Waals surface area contributed by atoms with Gasteiger partial charge in [-0.2, -0.15) is 10.2 Å². The summed E-state index contributed by atoms with van der Waals surface area (Å²) in [6.07, 6.45) is 1.52. The van der Waals surface area contributed by atoms with Crippen molar-refractivity contribution in [3.8, 4) is 22.8 Å². The van der Waals surface area contributed by atoms with Crippen LogP contribution in [0.2, 0.25) is 0 Å². The van der Waals surface area contributed by atoms with Gasteiger partial charge in [0.15, 0.2) is 11.5 Å². The Morgan fingerprint density at radius 2 is 1.85 bits per heavy atom. The van der Waals surface area contributed by atoms with Crippen LogP contribution in [0.3, 0.4) is 0 Å². The molecule has 2 aromatic carbocycles. The van der Waals surface area contributed by atoms with Crippen molar-refractivity contribution in [1.82, 2.24) is 15.6 Å². The van der Waals surface area contributed by atoms with Crippen LogP contribution in [0.4, 0.5) is 0 Å². The molecule has 26 heavy (non-hydrogen) atoms. The van der Waals surface area contributed by atoms with Gasteiger partial charge in [-0.3, -0.25) is 9.89 Å². The van der Waals surface area contributed by atoms with Gasteiger partial charge >= 0.3 is 0 Å². The van der Waals surface area contributed by atoms with Gasteiger partial charge in [-0.15, -0.1) is 0 Å². The molecule has 1 amide bonds. The van der Waals surface area contributed by atoms with Crippen molar-refractivity contribution in [2.75, 3.05) is 14.2 Å². The molecule has 1 heterocycles. The minimum absolute atomic E-state index is 0.327. The minimum atomic E-state index is -0.378. The Bertz CT molecular complexity index is 920. The first-order valence-electron chi connectivity index (χ1n) is 7.87. The van der Waals surface area contributed by atoms with Crippen molar-refractivity contribution in [1.29, 1.82) is 0 Å². The van der Waals surface area contributed by atoms with E-state index in [1.54, 1.807) is 38.5 Å². The maximum atomic E-state index is 12.2. The quantitative estimate of drug-likeness (QED) is 0.528. The van der Waals surface area contributed by atoms with Crippen molar-refractivity contribution in [3.05, 3.63) is 65.9 Å². The van der Waals surface area contributed by atoms with E-state index in [0.29, 0.717) is 22.9 Å². The number of hydrazone groups is 1. The molecule has 0 unspecified atom stereocenters. The SMILES string of the molecule is COc1ccc(/C=N\NC(=O)c2cc(-c3ccccc3)n[nH]2)cc1OC. The largest absolute Gasteiger partial charge is 0.493 e. The average Bonchev–Trinajstić information content (AvgIpc) is 3.19. The fourth-order valence-corrected chi connectivity index (χ4v) is 2.35. The number of methoxy groups -OCH3 is 2. The van der Waals surface area contributed by atoms with Crippen LogP contribution in [0, 0.1) is 0 Å². The molecular weight excluding hydrogens is 332 g/mol. The molecule has 0 spiro atoms. The number of carbonyl (C=O) groups excluding carboxylic acids is 1. The lowest BCUT2D eigenvalue weighted by atomic mass is 10.1. The summed E-state index contributed by atoms with van der Waals surface area (Å²) in [7, 11) is 3.13. The van der Waals surface area contributed by atoms with E-state index >= 15 is 0 Å². The molecule has 3 aromatic rings. The predicted molar refractivity (Wildman–Crippen MR) is 98.6 cm³/mol. The second-order valence-electron chi connectivity index (χ2n) is 5.35. The molecule has 0 fully saturated rings. The van der Waals surface area contributed by atoms with E-state index in [2.05, 4.69) is 20.7 Å². The topological polar surface area (TPSA) is 88.6 Å². The number of aromatic nitrogens is 2. The number of hydrogen-bond donors (Lipinski definition) is 2. The molecule has 7 heteroatoms. The lowest BCUT2D eigenvalue weighted by molar-refractivity contribution is 0.0950. The molecule has 0 bridgehead atoms. The van der Waals surface area contributed by atoms with Gasteiger partial charge in [-0.25, -0.2) is 5.43 Å². The highest BCUT2D eigenvalue weighted by molar-refractivity contribution is 5.94. The summed E-state index contributed by atoms with van der Waals surface area (Å²) in [5, 5.41) is 10.8. The van der Waals surface area contributed by atoms with Crippen LogP contribution < -0.4 is 14.9 Å². The first-order valence-corrected chi connectivity index (χ1v) is 7.87. The van der Waals surface area contributed by atoms with Crippen LogP contribution in [-0.4, -0.2) is 36.5 Å². The summed E-state index contributed by atoms with van der Waals surface area (Å²) >= 11 is 0. The number of rotatable bonds is 6. The number of H-pyrrole nitrogens is 1. The average molecular weight is 350 g/mol. The Balaban J connectivity index is 1.66. The summed E-state index contributed by atoms with van der Waals surface area (Å²) in [6, 6.07) is 16.6. The Labute approximate surface area is 150 Å². The van der Waals surface area contributed by atoms with Crippen molar-refractivity contribution in [3.63, 3.8) is 0 Å². The van der Waals surface area contributed by atoms with E-state index in [1.807, 2.05) is 30.3 Å². The lowest BCUT2D eigenvalue weighted by Gasteiger charge is -2.07. The molecule has 0 saturated carbocycles. The predicted octanol–water partition coefficient (Wildman–Crippen LogP) is 2.86. The van der Waals surface area contributed by atoms with Gasteiger partial charge in [0.1, 0.15) is 5.69 Å². The van der Waals surface area contributed by atoms with Gasteiger partial charge in [0, 0.05) is 5.56 Å². The smallest absolute Gasteiger partial charge is 0.289 e. The van der Waals surface area contributed by atoms with E-state index in [4.69, 9.17) is 9.47 Å². The number of benzene rings is 2. The van der Waals surface area contributed by atoms with Crippen molar-refractivity contribution in [2.24, 2.45) is 5.10 Å². The Kier molecular flexibility index (Phi) is 5.28. The highest BCUT2D eigenvalue weighted by Crippen LogP contribution is 2.26. The third-order valence-corrected chi connectivity index (χ3v) is 3.68. The molecule has 1 aromatic heterocycles. The monoisotopic (exact) mass is 350 g/mol. The summed E-state index contributed by atoms with van der Waals surface area (Å²) < 4.78 is 10.4. The fraction of sp³-hybridized carbons (Fsp3) is 0.105. The highest BCUT2D eigenvalue weighted by Gasteiger charge is 2.10. The number of nitrogens with one attached hydrogen (secondary N) is 2. The normalized spacial score (nSPS) is 10.7. The molecule has 2 N–H and O–H groups in total. The van der Waals surface area contributed by atoms with E-state index in [9.17, 15) is 4.79 Å². The van der Waals surface area contributed by atoms with Gasteiger partial charge in [0.25, 0.3) is 5.91 Å². The first kappa shape index (κ1) is 17.2. The first-order chi connectivity index (χ1) is 12.7. The third kappa shape index (κ3) is 3.89. The molecule has 0 atom stereocenters. The van der Waals surface area contributed by atoms with E-state index < -0.39 is 0 Å². The van der Waals surface area contributed by atoms with Gasteiger partial charge in [0.2, 0.25) is 0 Å². The summed E-state index contributed by atoms with van der Waals surface area (Å²) in [4.78, 5) is 12.2. The number of nitrogens with zero attached hydrogens (tertiary/aromatic N) is 2. The second-order valence-corrected chi connectivity index (χ2v) is 5.35. The summed E-state index contributed by atoms with van der Waals surface area (Å²) in [5.41, 5.74) is 5.18. The maximum absolute atomic E-state index is 12.2. The zero-order chi connectivity index (χ0) is 18.4. The minimum Gasteiger partial charge on any atom is -0.493 e. The molecular formula is C19H18N4O3. The van der Waals surface area contributed by atoms with E-state index in [-0.39, 0.29) is 5.91 Å². The van der Waals surface area contributed by atoms with Crippen LogP contribution in [0.5, 0.6) is 11.5 Å². The standard InChI is InChI=1S/C19H18N4O3/c1-25-17-9-8-13(10-18(17)26-2)12-20-23-19(24)16-11-15(21-22-16)14-6-4-3-5-7-14/h3-12H,1-2H3,(H,21,22)(H,23,24)/b20-12-. The van der Waals surface area contributed by atoms with Crippen molar-refractivity contribution in [2.45, 2.75) is 0 Å². The van der Waals surface area contributed by atoms with Gasteiger partial charge in [-0.05, 0) is 29.8 Å². The van der Waals surface area contributed by atoms with Gasteiger partial charge < -0.3 is 9.47 Å². The van der Waals surface area contributed by atoms with Crippen LogP contribution in [0.25, 0.3) is 11.3 Å².